The van der Waals surface area contributed by atoms with Crippen LogP contribution in [-0.2, 0) is 11.3 Å². The number of nitrogens with zero attached hydrogens (tertiary/aromatic N) is 3. The van der Waals surface area contributed by atoms with E-state index in [1.807, 2.05) is 11.4 Å². The molecule has 1 aromatic carbocycles. The molecule has 0 saturated carbocycles. The summed E-state index contributed by atoms with van der Waals surface area (Å²) in [4.78, 5) is 22.4. The largest absolute Gasteiger partial charge is 0.435 e. The van der Waals surface area contributed by atoms with Gasteiger partial charge in [-0.25, -0.2) is 9.97 Å². The SMILES string of the molecule is CN(Cc1ccc(OC(F)F)cc1)C(=O)CSc1ncnc2ccsc12. The van der Waals surface area contributed by atoms with E-state index in [4.69, 9.17) is 0 Å². The fourth-order valence-electron chi connectivity index (χ4n) is 2.25. The van der Waals surface area contributed by atoms with E-state index in [2.05, 4.69) is 14.7 Å². The summed E-state index contributed by atoms with van der Waals surface area (Å²) in [5.41, 5.74) is 1.70. The molecule has 3 aromatic rings. The van der Waals surface area contributed by atoms with Crippen LogP contribution in [-0.4, -0.2) is 40.2 Å². The highest BCUT2D eigenvalue weighted by atomic mass is 32.2. The van der Waals surface area contributed by atoms with Crippen molar-refractivity contribution < 1.29 is 18.3 Å². The number of halogens is 2. The van der Waals surface area contributed by atoms with E-state index in [0.29, 0.717) is 6.54 Å². The van der Waals surface area contributed by atoms with Crippen molar-refractivity contribution in [3.8, 4) is 5.75 Å². The lowest BCUT2D eigenvalue weighted by atomic mass is 10.2. The lowest BCUT2D eigenvalue weighted by Crippen LogP contribution is -2.27. The van der Waals surface area contributed by atoms with Crippen LogP contribution in [0.5, 0.6) is 5.75 Å². The van der Waals surface area contributed by atoms with E-state index >= 15 is 0 Å². The minimum Gasteiger partial charge on any atom is -0.435 e. The van der Waals surface area contributed by atoms with Crippen molar-refractivity contribution >= 4 is 39.2 Å². The number of ether oxygens (including phenoxy) is 1. The number of thiophene rings is 1. The molecule has 0 spiro atoms. The highest BCUT2D eigenvalue weighted by molar-refractivity contribution is 8.00. The third-order valence-electron chi connectivity index (χ3n) is 3.54. The summed E-state index contributed by atoms with van der Waals surface area (Å²) in [5.74, 6) is 0.302. The number of alkyl halides is 2. The topological polar surface area (TPSA) is 55.3 Å². The first-order chi connectivity index (χ1) is 12.5. The van der Waals surface area contributed by atoms with Crippen molar-refractivity contribution in [3.05, 3.63) is 47.6 Å². The fraction of sp³-hybridized carbons (Fsp3) is 0.235. The van der Waals surface area contributed by atoms with Crippen LogP contribution >= 0.6 is 23.1 Å². The van der Waals surface area contributed by atoms with Crippen molar-refractivity contribution in [1.29, 1.82) is 0 Å². The molecule has 0 unspecified atom stereocenters. The van der Waals surface area contributed by atoms with Crippen molar-refractivity contribution in [2.24, 2.45) is 0 Å². The number of hydrogen-bond donors (Lipinski definition) is 0. The highest BCUT2D eigenvalue weighted by Gasteiger charge is 2.13. The van der Waals surface area contributed by atoms with Gasteiger partial charge in [-0.2, -0.15) is 8.78 Å². The number of carbonyl (C=O) groups is 1. The van der Waals surface area contributed by atoms with Crippen LogP contribution in [0.2, 0.25) is 0 Å². The van der Waals surface area contributed by atoms with Crippen LogP contribution in [0.4, 0.5) is 8.78 Å². The summed E-state index contributed by atoms with van der Waals surface area (Å²) in [6, 6.07) is 8.16. The van der Waals surface area contributed by atoms with Gasteiger partial charge in [0.1, 0.15) is 17.1 Å². The van der Waals surface area contributed by atoms with Crippen LogP contribution in [0.1, 0.15) is 5.56 Å². The molecule has 5 nitrogen and oxygen atoms in total. The zero-order valence-corrected chi connectivity index (χ0v) is 15.4. The van der Waals surface area contributed by atoms with Gasteiger partial charge in [0.25, 0.3) is 0 Å². The van der Waals surface area contributed by atoms with E-state index in [0.717, 1.165) is 20.8 Å². The third-order valence-corrected chi connectivity index (χ3v) is 5.55. The Labute approximate surface area is 157 Å². The van der Waals surface area contributed by atoms with Gasteiger partial charge in [-0.1, -0.05) is 23.9 Å². The van der Waals surface area contributed by atoms with Gasteiger partial charge in [-0.15, -0.1) is 11.3 Å². The maximum Gasteiger partial charge on any atom is 0.387 e. The van der Waals surface area contributed by atoms with Crippen LogP contribution in [0.3, 0.4) is 0 Å². The number of rotatable bonds is 7. The second-order valence-corrected chi connectivity index (χ2v) is 7.25. The normalized spacial score (nSPS) is 11.1. The molecule has 2 heterocycles. The van der Waals surface area contributed by atoms with Gasteiger partial charge in [-0.3, -0.25) is 4.79 Å². The summed E-state index contributed by atoms with van der Waals surface area (Å²) in [5, 5.41) is 2.74. The van der Waals surface area contributed by atoms with Gasteiger partial charge < -0.3 is 9.64 Å². The number of benzene rings is 1. The molecule has 0 saturated heterocycles. The molecule has 0 atom stereocenters. The Bertz CT molecular complexity index is 887. The summed E-state index contributed by atoms with van der Waals surface area (Å²) in [6.45, 7) is -2.47. The molecule has 0 bridgehead atoms. The molecule has 0 fully saturated rings. The van der Waals surface area contributed by atoms with Crippen LogP contribution in [0, 0.1) is 0 Å². The Morgan fingerprint density at radius 1 is 1.27 bits per heavy atom. The van der Waals surface area contributed by atoms with Gasteiger partial charge >= 0.3 is 6.61 Å². The number of aromatic nitrogens is 2. The predicted octanol–water partition coefficient (Wildman–Crippen LogP) is 4.04. The molecule has 0 aliphatic carbocycles. The molecule has 0 N–H and O–H groups in total. The lowest BCUT2D eigenvalue weighted by molar-refractivity contribution is -0.127. The molecule has 0 aliphatic rings. The second kappa shape index (κ2) is 8.41. The fourth-order valence-corrected chi connectivity index (χ4v) is 4.13. The molecular weight excluding hydrogens is 380 g/mol. The van der Waals surface area contributed by atoms with Crippen molar-refractivity contribution in [3.63, 3.8) is 0 Å². The zero-order valence-electron chi connectivity index (χ0n) is 13.8. The average Bonchev–Trinajstić information content (AvgIpc) is 3.10. The molecule has 0 aliphatic heterocycles. The molecular formula is C17H15F2N3O2S2. The average molecular weight is 395 g/mol. The van der Waals surface area contributed by atoms with E-state index in [1.54, 1.807) is 35.4 Å². The van der Waals surface area contributed by atoms with Crippen molar-refractivity contribution in [1.82, 2.24) is 14.9 Å². The molecule has 9 heteroatoms. The molecule has 3 rings (SSSR count). The van der Waals surface area contributed by atoms with Crippen LogP contribution in [0.15, 0.2) is 47.1 Å². The van der Waals surface area contributed by atoms with Crippen molar-refractivity contribution in [2.75, 3.05) is 12.8 Å². The maximum atomic E-state index is 12.3. The molecule has 2 aromatic heterocycles. The Balaban J connectivity index is 1.55. The third kappa shape index (κ3) is 4.67. The van der Waals surface area contributed by atoms with E-state index in [9.17, 15) is 13.6 Å². The van der Waals surface area contributed by atoms with Gasteiger partial charge in [-0.05, 0) is 29.1 Å². The van der Waals surface area contributed by atoms with Crippen molar-refractivity contribution in [2.45, 2.75) is 18.2 Å². The lowest BCUT2D eigenvalue weighted by Gasteiger charge is -2.17. The Morgan fingerprint density at radius 2 is 2.04 bits per heavy atom. The van der Waals surface area contributed by atoms with Gasteiger partial charge in [0.05, 0.1) is 16.0 Å². The quantitative estimate of drug-likeness (QED) is 0.446. The van der Waals surface area contributed by atoms with Gasteiger partial charge in [0.2, 0.25) is 5.91 Å². The van der Waals surface area contributed by atoms with Crippen LogP contribution < -0.4 is 4.74 Å². The number of thioether (sulfide) groups is 1. The zero-order chi connectivity index (χ0) is 18.5. The number of amides is 1. The first kappa shape index (κ1) is 18.5. The second-order valence-electron chi connectivity index (χ2n) is 5.37. The Morgan fingerprint density at radius 3 is 2.77 bits per heavy atom. The van der Waals surface area contributed by atoms with Gasteiger partial charge in [0, 0.05) is 13.6 Å². The molecule has 136 valence electrons. The first-order valence-electron chi connectivity index (χ1n) is 7.61. The number of fused-ring (bicyclic) bond motifs is 1. The molecule has 0 radical (unpaired) electrons. The molecule has 1 amide bonds. The summed E-state index contributed by atoms with van der Waals surface area (Å²) >= 11 is 2.92. The van der Waals surface area contributed by atoms with Crippen LogP contribution in [0.25, 0.3) is 10.2 Å². The number of hydrogen-bond acceptors (Lipinski definition) is 6. The summed E-state index contributed by atoms with van der Waals surface area (Å²) in [7, 11) is 1.70. The van der Waals surface area contributed by atoms with E-state index in [1.165, 1.54) is 30.2 Å². The Hall–Kier alpha value is -2.26. The Kier molecular flexibility index (Phi) is 6.00. The first-order valence-corrected chi connectivity index (χ1v) is 9.48. The smallest absolute Gasteiger partial charge is 0.387 e. The minimum atomic E-state index is -2.85. The van der Waals surface area contributed by atoms with Gasteiger partial charge in [0.15, 0.2) is 0 Å². The molecule has 26 heavy (non-hydrogen) atoms. The maximum absolute atomic E-state index is 12.3. The number of carbonyl (C=O) groups excluding carboxylic acids is 1. The predicted molar refractivity (Wildman–Crippen MR) is 97.7 cm³/mol. The summed E-state index contributed by atoms with van der Waals surface area (Å²) < 4.78 is 29.6. The van der Waals surface area contributed by atoms with E-state index in [-0.39, 0.29) is 17.4 Å². The monoisotopic (exact) mass is 395 g/mol. The minimum absolute atomic E-state index is 0.0498. The summed E-state index contributed by atoms with van der Waals surface area (Å²) in [6.07, 6.45) is 1.49. The standard InChI is InChI=1S/C17H15F2N3O2S2/c1-22(8-11-2-4-12(5-3-11)24-17(18)19)14(23)9-26-16-15-13(6-7-25-15)20-10-21-16/h2-7,10,17H,8-9H2,1H3. The highest BCUT2D eigenvalue weighted by Crippen LogP contribution is 2.28. The van der Waals surface area contributed by atoms with E-state index < -0.39 is 6.61 Å².